The molecule has 124 valence electrons. The van der Waals surface area contributed by atoms with E-state index in [1.165, 1.54) is 31.2 Å². The van der Waals surface area contributed by atoms with E-state index in [0.717, 1.165) is 11.7 Å². The number of ether oxygens (including phenoxy) is 2. The van der Waals surface area contributed by atoms with Gasteiger partial charge in [0, 0.05) is 12.1 Å². The van der Waals surface area contributed by atoms with Gasteiger partial charge in [-0.25, -0.2) is 0 Å². The average molecular weight is 307 g/mol. The zero-order chi connectivity index (χ0) is 15.9. The van der Waals surface area contributed by atoms with Crippen molar-refractivity contribution < 1.29 is 14.6 Å². The maximum Gasteiger partial charge on any atom is 0.161 e. The molecule has 1 saturated carbocycles. The third kappa shape index (κ3) is 4.37. The summed E-state index contributed by atoms with van der Waals surface area (Å²) in [6.07, 6.45) is 5.20. The van der Waals surface area contributed by atoms with Crippen LogP contribution in [0.25, 0.3) is 0 Å². The topological polar surface area (TPSA) is 50.7 Å². The van der Waals surface area contributed by atoms with Gasteiger partial charge in [-0.05, 0) is 49.8 Å². The first-order valence-corrected chi connectivity index (χ1v) is 8.35. The van der Waals surface area contributed by atoms with E-state index >= 15 is 0 Å². The van der Waals surface area contributed by atoms with E-state index in [0.29, 0.717) is 17.8 Å². The molecule has 0 bridgehead atoms. The standard InChI is InChI=1S/C18H29NO3/c1-4-14-5-7-16(11-14)19-13(2)15-6-8-17(22-10-9-20)18(12-15)21-3/h6,8,12-14,16,19-20H,4-5,7,9-11H2,1-3H3. The molecule has 0 aliphatic heterocycles. The molecule has 0 amide bonds. The number of nitrogens with one attached hydrogen (secondary N) is 1. The summed E-state index contributed by atoms with van der Waals surface area (Å²) in [5, 5.41) is 12.6. The van der Waals surface area contributed by atoms with Crippen LogP contribution >= 0.6 is 0 Å². The Hall–Kier alpha value is -1.26. The first-order chi connectivity index (χ1) is 10.7. The summed E-state index contributed by atoms with van der Waals surface area (Å²) >= 11 is 0. The minimum Gasteiger partial charge on any atom is -0.493 e. The molecule has 3 atom stereocenters. The summed E-state index contributed by atoms with van der Waals surface area (Å²) in [7, 11) is 1.64. The van der Waals surface area contributed by atoms with Gasteiger partial charge in [-0.15, -0.1) is 0 Å². The van der Waals surface area contributed by atoms with E-state index < -0.39 is 0 Å². The Bertz CT molecular complexity index is 464. The van der Waals surface area contributed by atoms with E-state index in [1.807, 2.05) is 12.1 Å². The monoisotopic (exact) mass is 307 g/mol. The number of benzene rings is 1. The Balaban J connectivity index is 1.98. The highest BCUT2D eigenvalue weighted by atomic mass is 16.5. The van der Waals surface area contributed by atoms with E-state index in [2.05, 4.69) is 25.2 Å². The van der Waals surface area contributed by atoms with Gasteiger partial charge < -0.3 is 19.9 Å². The number of rotatable bonds is 8. The third-order valence-electron chi connectivity index (χ3n) is 4.64. The lowest BCUT2D eigenvalue weighted by atomic mass is 10.0. The van der Waals surface area contributed by atoms with E-state index in [4.69, 9.17) is 14.6 Å². The highest BCUT2D eigenvalue weighted by Crippen LogP contribution is 2.32. The molecule has 2 N–H and O–H groups in total. The number of hydrogen-bond acceptors (Lipinski definition) is 4. The van der Waals surface area contributed by atoms with E-state index in [-0.39, 0.29) is 13.2 Å². The van der Waals surface area contributed by atoms with Crippen LogP contribution in [0.15, 0.2) is 18.2 Å². The van der Waals surface area contributed by atoms with E-state index in [9.17, 15) is 0 Å². The molecular formula is C18H29NO3. The third-order valence-corrected chi connectivity index (χ3v) is 4.64. The van der Waals surface area contributed by atoms with Gasteiger partial charge in [-0.1, -0.05) is 19.4 Å². The molecule has 0 spiro atoms. The lowest BCUT2D eigenvalue weighted by Gasteiger charge is -2.21. The molecule has 4 nitrogen and oxygen atoms in total. The van der Waals surface area contributed by atoms with Crippen molar-refractivity contribution in [1.29, 1.82) is 0 Å². The van der Waals surface area contributed by atoms with Crippen molar-refractivity contribution >= 4 is 0 Å². The van der Waals surface area contributed by atoms with Gasteiger partial charge in [0.25, 0.3) is 0 Å². The van der Waals surface area contributed by atoms with Crippen LogP contribution in [0.5, 0.6) is 11.5 Å². The molecule has 1 aromatic rings. The minimum absolute atomic E-state index is 0.00311. The van der Waals surface area contributed by atoms with Crippen molar-refractivity contribution in [3.8, 4) is 11.5 Å². The smallest absolute Gasteiger partial charge is 0.161 e. The SMILES string of the molecule is CCC1CCC(NC(C)c2ccc(OCCO)c(OC)c2)C1. The largest absolute Gasteiger partial charge is 0.493 e. The van der Waals surface area contributed by atoms with Gasteiger partial charge in [-0.2, -0.15) is 0 Å². The van der Waals surface area contributed by atoms with Crippen molar-refractivity contribution in [1.82, 2.24) is 5.32 Å². The van der Waals surface area contributed by atoms with Gasteiger partial charge in [0.1, 0.15) is 6.61 Å². The number of hydrogen-bond donors (Lipinski definition) is 2. The van der Waals surface area contributed by atoms with Crippen LogP contribution in [0, 0.1) is 5.92 Å². The Morgan fingerprint density at radius 1 is 1.32 bits per heavy atom. The molecule has 1 aliphatic rings. The number of methoxy groups -OCH3 is 1. The number of aliphatic hydroxyl groups is 1. The lowest BCUT2D eigenvalue weighted by Crippen LogP contribution is -2.29. The van der Waals surface area contributed by atoms with Crippen molar-refractivity contribution in [2.75, 3.05) is 20.3 Å². The minimum atomic E-state index is 0.00311. The zero-order valence-electron chi connectivity index (χ0n) is 14.0. The second-order valence-corrected chi connectivity index (χ2v) is 6.15. The average Bonchev–Trinajstić information content (AvgIpc) is 3.00. The summed E-state index contributed by atoms with van der Waals surface area (Å²) in [6.45, 7) is 4.77. The Labute approximate surface area is 133 Å². The molecule has 0 aromatic heterocycles. The first-order valence-electron chi connectivity index (χ1n) is 8.35. The predicted molar refractivity (Wildman–Crippen MR) is 88.5 cm³/mol. The van der Waals surface area contributed by atoms with Crippen LogP contribution in [-0.4, -0.2) is 31.5 Å². The van der Waals surface area contributed by atoms with Crippen molar-refractivity contribution in [2.45, 2.75) is 51.6 Å². The van der Waals surface area contributed by atoms with Crippen molar-refractivity contribution in [3.05, 3.63) is 23.8 Å². The van der Waals surface area contributed by atoms with Crippen molar-refractivity contribution in [3.63, 3.8) is 0 Å². The molecule has 0 saturated heterocycles. The second-order valence-electron chi connectivity index (χ2n) is 6.15. The summed E-state index contributed by atoms with van der Waals surface area (Å²) in [5.74, 6) is 2.28. The van der Waals surface area contributed by atoms with Crippen molar-refractivity contribution in [2.24, 2.45) is 5.92 Å². The molecule has 1 aromatic carbocycles. The fourth-order valence-corrected chi connectivity index (χ4v) is 3.28. The summed E-state index contributed by atoms with van der Waals surface area (Å²) < 4.78 is 10.9. The highest BCUT2D eigenvalue weighted by molar-refractivity contribution is 5.43. The summed E-state index contributed by atoms with van der Waals surface area (Å²) in [4.78, 5) is 0. The van der Waals surface area contributed by atoms with Gasteiger partial charge in [0.15, 0.2) is 11.5 Å². The van der Waals surface area contributed by atoms with Gasteiger partial charge >= 0.3 is 0 Å². The molecule has 0 radical (unpaired) electrons. The Morgan fingerprint density at radius 3 is 2.77 bits per heavy atom. The Kier molecular flexibility index (Phi) is 6.52. The first kappa shape index (κ1) is 17.1. The molecule has 1 aliphatic carbocycles. The fourth-order valence-electron chi connectivity index (χ4n) is 3.28. The van der Waals surface area contributed by atoms with Crippen LogP contribution < -0.4 is 14.8 Å². The van der Waals surface area contributed by atoms with Gasteiger partial charge in [0.05, 0.1) is 13.7 Å². The molecule has 3 unspecified atom stereocenters. The van der Waals surface area contributed by atoms with Gasteiger partial charge in [0.2, 0.25) is 0 Å². The highest BCUT2D eigenvalue weighted by Gasteiger charge is 2.24. The van der Waals surface area contributed by atoms with Crippen LogP contribution in [0.1, 0.15) is 51.1 Å². The molecule has 1 fully saturated rings. The van der Waals surface area contributed by atoms with Crippen LogP contribution in [-0.2, 0) is 0 Å². The Morgan fingerprint density at radius 2 is 2.14 bits per heavy atom. The van der Waals surface area contributed by atoms with Gasteiger partial charge in [-0.3, -0.25) is 0 Å². The molecule has 2 rings (SSSR count). The zero-order valence-corrected chi connectivity index (χ0v) is 14.0. The van der Waals surface area contributed by atoms with Crippen LogP contribution in [0.2, 0.25) is 0 Å². The summed E-state index contributed by atoms with van der Waals surface area (Å²) in [6, 6.07) is 6.93. The molecule has 22 heavy (non-hydrogen) atoms. The van der Waals surface area contributed by atoms with Crippen LogP contribution in [0.3, 0.4) is 0 Å². The maximum absolute atomic E-state index is 8.86. The van der Waals surface area contributed by atoms with E-state index in [1.54, 1.807) is 7.11 Å². The van der Waals surface area contributed by atoms with Crippen LogP contribution in [0.4, 0.5) is 0 Å². The normalized spacial score (nSPS) is 22.5. The molecule has 0 heterocycles. The molecule has 4 heteroatoms. The maximum atomic E-state index is 8.86. The molecular weight excluding hydrogens is 278 g/mol. The second kappa shape index (κ2) is 8.39. The summed E-state index contributed by atoms with van der Waals surface area (Å²) in [5.41, 5.74) is 1.20. The lowest BCUT2D eigenvalue weighted by molar-refractivity contribution is 0.196. The fraction of sp³-hybridized carbons (Fsp3) is 0.667. The number of aliphatic hydroxyl groups excluding tert-OH is 1. The quantitative estimate of drug-likeness (QED) is 0.774. The predicted octanol–water partition coefficient (Wildman–Crippen LogP) is 3.30.